The Kier molecular flexibility index (Phi) is 4.00. The van der Waals surface area contributed by atoms with E-state index in [1.54, 1.807) is 23.1 Å². The highest BCUT2D eigenvalue weighted by Crippen LogP contribution is 2.21. The number of nitro groups is 1. The summed E-state index contributed by atoms with van der Waals surface area (Å²) in [6.07, 6.45) is 1.56. The SMILES string of the molecule is Cc1ccc2c(Cn3cnc(-c4ccc([N+](=O)[O-])cc4)n3)cc(=O)oc2c1. The summed E-state index contributed by atoms with van der Waals surface area (Å²) >= 11 is 0. The fourth-order valence-corrected chi connectivity index (χ4v) is 2.88. The van der Waals surface area contributed by atoms with Gasteiger partial charge in [-0.2, -0.15) is 5.10 Å². The Hall–Kier alpha value is -3.81. The molecule has 0 aliphatic rings. The van der Waals surface area contributed by atoms with Crippen LogP contribution < -0.4 is 5.63 Å². The Bertz CT molecular complexity index is 1210. The third kappa shape index (κ3) is 3.32. The standard InChI is InChI=1S/C19H14N4O4/c1-12-2-7-16-14(9-18(24)27-17(16)8-12)10-22-11-20-19(21-22)13-3-5-15(6-4-13)23(25)26/h2-9,11H,10H2,1H3. The van der Waals surface area contributed by atoms with Gasteiger partial charge >= 0.3 is 5.63 Å². The van der Waals surface area contributed by atoms with Gasteiger partial charge in [-0.3, -0.25) is 10.1 Å². The Morgan fingerprint density at radius 2 is 1.93 bits per heavy atom. The van der Waals surface area contributed by atoms with Gasteiger partial charge < -0.3 is 4.42 Å². The molecule has 0 saturated heterocycles. The van der Waals surface area contributed by atoms with Gasteiger partial charge in [0, 0.05) is 29.1 Å². The lowest BCUT2D eigenvalue weighted by atomic mass is 10.1. The predicted molar refractivity (Wildman–Crippen MR) is 98.4 cm³/mol. The highest BCUT2D eigenvalue weighted by atomic mass is 16.6. The van der Waals surface area contributed by atoms with E-state index in [4.69, 9.17) is 4.42 Å². The van der Waals surface area contributed by atoms with Gasteiger partial charge in [0.1, 0.15) is 11.9 Å². The predicted octanol–water partition coefficient (Wildman–Crippen LogP) is 3.32. The molecule has 2 heterocycles. The Labute approximate surface area is 152 Å². The van der Waals surface area contributed by atoms with E-state index in [0.717, 1.165) is 16.5 Å². The van der Waals surface area contributed by atoms with Crippen LogP contribution in [-0.2, 0) is 6.54 Å². The molecule has 4 aromatic rings. The van der Waals surface area contributed by atoms with Crippen molar-refractivity contribution < 1.29 is 9.34 Å². The molecule has 0 N–H and O–H groups in total. The summed E-state index contributed by atoms with van der Waals surface area (Å²) in [4.78, 5) is 26.4. The monoisotopic (exact) mass is 362 g/mol. The van der Waals surface area contributed by atoms with E-state index in [1.165, 1.54) is 18.2 Å². The summed E-state index contributed by atoms with van der Waals surface area (Å²) < 4.78 is 6.89. The van der Waals surface area contributed by atoms with Crippen molar-refractivity contribution in [2.24, 2.45) is 0 Å². The number of aromatic nitrogens is 3. The zero-order valence-corrected chi connectivity index (χ0v) is 14.3. The van der Waals surface area contributed by atoms with Crippen molar-refractivity contribution in [2.75, 3.05) is 0 Å². The zero-order valence-electron chi connectivity index (χ0n) is 14.3. The summed E-state index contributed by atoms with van der Waals surface area (Å²) in [6, 6.07) is 13.2. The number of hydrogen-bond acceptors (Lipinski definition) is 6. The van der Waals surface area contributed by atoms with Gasteiger partial charge in [0.25, 0.3) is 5.69 Å². The van der Waals surface area contributed by atoms with Crippen molar-refractivity contribution in [3.8, 4) is 11.4 Å². The molecule has 8 nitrogen and oxygen atoms in total. The van der Waals surface area contributed by atoms with Crippen molar-refractivity contribution in [3.05, 3.63) is 86.5 Å². The van der Waals surface area contributed by atoms with Crippen LogP contribution in [0, 0.1) is 17.0 Å². The average Bonchev–Trinajstić information content (AvgIpc) is 3.09. The first-order valence-electron chi connectivity index (χ1n) is 8.17. The van der Waals surface area contributed by atoms with Gasteiger partial charge in [0.15, 0.2) is 5.82 Å². The van der Waals surface area contributed by atoms with Gasteiger partial charge in [0.05, 0.1) is 11.5 Å². The van der Waals surface area contributed by atoms with Gasteiger partial charge in [-0.15, -0.1) is 0 Å². The summed E-state index contributed by atoms with van der Waals surface area (Å²) in [6.45, 7) is 2.28. The van der Waals surface area contributed by atoms with Gasteiger partial charge in [-0.05, 0) is 36.2 Å². The minimum Gasteiger partial charge on any atom is -0.423 e. The first kappa shape index (κ1) is 16.6. The molecule has 0 bridgehead atoms. The fraction of sp³-hybridized carbons (Fsp3) is 0.105. The average molecular weight is 362 g/mol. The third-order valence-electron chi connectivity index (χ3n) is 4.19. The number of nitro benzene ring substituents is 1. The summed E-state index contributed by atoms with van der Waals surface area (Å²) in [5.74, 6) is 0.452. The molecule has 2 aromatic heterocycles. The molecule has 4 rings (SSSR count). The first-order valence-corrected chi connectivity index (χ1v) is 8.17. The van der Waals surface area contributed by atoms with E-state index >= 15 is 0 Å². The molecule has 0 saturated carbocycles. The van der Waals surface area contributed by atoms with Gasteiger partial charge in [-0.25, -0.2) is 14.5 Å². The van der Waals surface area contributed by atoms with Crippen LogP contribution in [0.25, 0.3) is 22.4 Å². The maximum Gasteiger partial charge on any atom is 0.336 e. The van der Waals surface area contributed by atoms with E-state index in [-0.39, 0.29) is 5.69 Å². The van der Waals surface area contributed by atoms with Crippen molar-refractivity contribution >= 4 is 16.7 Å². The van der Waals surface area contributed by atoms with Crippen molar-refractivity contribution in [1.82, 2.24) is 14.8 Å². The third-order valence-corrected chi connectivity index (χ3v) is 4.19. The molecule has 0 aliphatic carbocycles. The molecule has 0 radical (unpaired) electrons. The van der Waals surface area contributed by atoms with Gasteiger partial charge in [-0.1, -0.05) is 12.1 Å². The molecule has 2 aromatic carbocycles. The molecule has 0 aliphatic heterocycles. The highest BCUT2D eigenvalue weighted by molar-refractivity contribution is 5.80. The van der Waals surface area contributed by atoms with Crippen LogP contribution in [0.5, 0.6) is 0 Å². The molecule has 27 heavy (non-hydrogen) atoms. The Balaban J connectivity index is 1.66. The fourth-order valence-electron chi connectivity index (χ4n) is 2.88. The van der Waals surface area contributed by atoms with E-state index in [2.05, 4.69) is 10.1 Å². The number of fused-ring (bicyclic) bond motifs is 1. The van der Waals surface area contributed by atoms with Crippen LogP contribution in [0.2, 0.25) is 0 Å². The lowest BCUT2D eigenvalue weighted by Gasteiger charge is -2.06. The summed E-state index contributed by atoms with van der Waals surface area (Å²) in [7, 11) is 0. The largest absolute Gasteiger partial charge is 0.423 e. The molecular weight excluding hydrogens is 348 g/mol. The van der Waals surface area contributed by atoms with E-state index < -0.39 is 10.5 Å². The molecule has 0 fully saturated rings. The number of benzene rings is 2. The molecule has 0 spiro atoms. The summed E-state index contributed by atoms with van der Waals surface area (Å²) in [5.41, 5.74) is 2.58. The highest BCUT2D eigenvalue weighted by Gasteiger charge is 2.11. The molecule has 0 unspecified atom stereocenters. The van der Waals surface area contributed by atoms with Crippen LogP contribution in [0.1, 0.15) is 11.1 Å². The normalized spacial score (nSPS) is 11.0. The molecule has 8 heteroatoms. The molecular formula is C19H14N4O4. The second-order valence-corrected chi connectivity index (χ2v) is 6.16. The number of nitrogens with zero attached hydrogens (tertiary/aromatic N) is 4. The lowest BCUT2D eigenvalue weighted by Crippen LogP contribution is -2.06. The molecule has 0 atom stereocenters. The van der Waals surface area contributed by atoms with E-state index in [1.807, 2.05) is 25.1 Å². The second-order valence-electron chi connectivity index (χ2n) is 6.16. The maximum absolute atomic E-state index is 11.9. The van der Waals surface area contributed by atoms with Crippen LogP contribution in [-0.4, -0.2) is 19.7 Å². The van der Waals surface area contributed by atoms with Crippen LogP contribution in [0.4, 0.5) is 5.69 Å². The minimum atomic E-state index is -0.455. The van der Waals surface area contributed by atoms with E-state index in [0.29, 0.717) is 23.5 Å². The summed E-state index contributed by atoms with van der Waals surface area (Å²) in [5, 5.41) is 16.0. The minimum absolute atomic E-state index is 0.0101. The van der Waals surface area contributed by atoms with Crippen LogP contribution >= 0.6 is 0 Å². The maximum atomic E-state index is 11.9. The number of non-ortho nitro benzene ring substituents is 1. The Morgan fingerprint density at radius 3 is 2.67 bits per heavy atom. The number of rotatable bonds is 4. The zero-order chi connectivity index (χ0) is 19.0. The van der Waals surface area contributed by atoms with E-state index in [9.17, 15) is 14.9 Å². The van der Waals surface area contributed by atoms with Crippen molar-refractivity contribution in [1.29, 1.82) is 0 Å². The number of hydrogen-bond donors (Lipinski definition) is 0. The van der Waals surface area contributed by atoms with Crippen LogP contribution in [0.3, 0.4) is 0 Å². The lowest BCUT2D eigenvalue weighted by molar-refractivity contribution is -0.384. The Morgan fingerprint density at radius 1 is 1.15 bits per heavy atom. The quantitative estimate of drug-likeness (QED) is 0.313. The molecule has 134 valence electrons. The van der Waals surface area contributed by atoms with Crippen molar-refractivity contribution in [2.45, 2.75) is 13.5 Å². The van der Waals surface area contributed by atoms with Gasteiger partial charge in [0.2, 0.25) is 0 Å². The smallest absolute Gasteiger partial charge is 0.336 e. The topological polar surface area (TPSA) is 104 Å². The molecule has 0 amide bonds. The second kappa shape index (κ2) is 6.49. The first-order chi connectivity index (χ1) is 13.0. The number of aryl methyl sites for hydroxylation is 1. The van der Waals surface area contributed by atoms with Crippen LogP contribution in [0.15, 0.2) is 64.1 Å². The van der Waals surface area contributed by atoms with Crippen molar-refractivity contribution in [3.63, 3.8) is 0 Å².